The fourth-order valence-corrected chi connectivity index (χ4v) is 1.30. The van der Waals surface area contributed by atoms with Gasteiger partial charge in [-0.1, -0.05) is 11.6 Å². The van der Waals surface area contributed by atoms with E-state index in [1.165, 1.54) is 0 Å². The zero-order chi connectivity index (χ0) is 10.1. The summed E-state index contributed by atoms with van der Waals surface area (Å²) in [6, 6.07) is 5.84. The minimum absolute atomic E-state index is 0.443. The normalized spacial score (nSPS) is 11.0. The molecule has 0 N–H and O–H groups in total. The SMILES string of the molecule is Cc1cc(C(C)(C)C#N)cc(Cl)n1. The zero-order valence-corrected chi connectivity index (χ0v) is 8.68. The fraction of sp³-hybridized carbons (Fsp3) is 0.400. The first-order chi connectivity index (χ1) is 5.95. The second-order valence-electron chi connectivity index (χ2n) is 3.56. The molecule has 0 aliphatic heterocycles. The molecule has 0 aromatic carbocycles. The zero-order valence-electron chi connectivity index (χ0n) is 7.93. The van der Waals surface area contributed by atoms with Crippen LogP contribution in [0.25, 0.3) is 0 Å². The first-order valence-electron chi connectivity index (χ1n) is 4.01. The van der Waals surface area contributed by atoms with Crippen LogP contribution in [0.1, 0.15) is 25.1 Å². The average molecular weight is 195 g/mol. The molecule has 0 unspecified atom stereocenters. The van der Waals surface area contributed by atoms with Crippen molar-refractivity contribution in [2.24, 2.45) is 0 Å². The predicted octanol–water partition coefficient (Wildman–Crippen LogP) is 2.84. The molecule has 0 aliphatic rings. The highest BCUT2D eigenvalue weighted by Gasteiger charge is 2.20. The van der Waals surface area contributed by atoms with Gasteiger partial charge in [0.05, 0.1) is 11.5 Å². The second kappa shape index (κ2) is 3.35. The topological polar surface area (TPSA) is 36.7 Å². The molecular weight excluding hydrogens is 184 g/mol. The number of rotatable bonds is 1. The van der Waals surface area contributed by atoms with Crippen LogP contribution in [0.3, 0.4) is 0 Å². The molecule has 0 spiro atoms. The fourth-order valence-electron chi connectivity index (χ4n) is 1.05. The summed E-state index contributed by atoms with van der Waals surface area (Å²) >= 11 is 5.79. The quantitative estimate of drug-likeness (QED) is 0.645. The molecular formula is C10H11ClN2. The van der Waals surface area contributed by atoms with Crippen LogP contribution in [-0.2, 0) is 5.41 Å². The standard InChI is InChI=1S/C10H11ClN2/c1-7-4-8(5-9(11)13-7)10(2,3)6-12/h4-5H,1-3H3. The Morgan fingerprint density at radius 1 is 1.46 bits per heavy atom. The summed E-state index contributed by atoms with van der Waals surface area (Å²) in [7, 11) is 0. The van der Waals surface area contributed by atoms with E-state index in [1.807, 2.05) is 26.8 Å². The van der Waals surface area contributed by atoms with Crippen LogP contribution < -0.4 is 0 Å². The van der Waals surface area contributed by atoms with E-state index in [9.17, 15) is 0 Å². The van der Waals surface area contributed by atoms with Crippen molar-refractivity contribution in [1.82, 2.24) is 4.98 Å². The van der Waals surface area contributed by atoms with Crippen LogP contribution in [0.4, 0.5) is 0 Å². The van der Waals surface area contributed by atoms with Gasteiger partial charge in [0.25, 0.3) is 0 Å². The third-order valence-corrected chi connectivity index (χ3v) is 2.12. The Bertz CT molecular complexity index is 343. The number of aromatic nitrogens is 1. The Kier molecular flexibility index (Phi) is 2.58. The molecule has 1 heterocycles. The van der Waals surface area contributed by atoms with E-state index in [0.29, 0.717) is 5.15 Å². The summed E-state index contributed by atoms with van der Waals surface area (Å²) in [4.78, 5) is 4.04. The van der Waals surface area contributed by atoms with Gasteiger partial charge in [-0.15, -0.1) is 0 Å². The third-order valence-electron chi connectivity index (χ3n) is 1.92. The van der Waals surface area contributed by atoms with Crippen molar-refractivity contribution in [3.63, 3.8) is 0 Å². The molecule has 0 bridgehead atoms. The van der Waals surface area contributed by atoms with Crippen molar-refractivity contribution in [3.8, 4) is 6.07 Å². The lowest BCUT2D eigenvalue weighted by Crippen LogP contribution is -2.14. The first kappa shape index (κ1) is 10.0. The highest BCUT2D eigenvalue weighted by Crippen LogP contribution is 2.24. The highest BCUT2D eigenvalue weighted by molar-refractivity contribution is 6.29. The van der Waals surface area contributed by atoms with Crippen molar-refractivity contribution in [2.45, 2.75) is 26.2 Å². The monoisotopic (exact) mass is 194 g/mol. The van der Waals surface area contributed by atoms with Gasteiger partial charge in [-0.25, -0.2) is 4.98 Å². The van der Waals surface area contributed by atoms with Gasteiger partial charge in [-0.05, 0) is 38.5 Å². The lowest BCUT2D eigenvalue weighted by Gasteiger charge is -2.16. The third kappa shape index (κ3) is 2.19. The lowest BCUT2D eigenvalue weighted by molar-refractivity contribution is 0.684. The Labute approximate surface area is 83.2 Å². The molecule has 0 atom stereocenters. The number of pyridine rings is 1. The summed E-state index contributed by atoms with van der Waals surface area (Å²) in [5.74, 6) is 0. The van der Waals surface area contributed by atoms with Crippen LogP contribution >= 0.6 is 11.6 Å². The van der Waals surface area contributed by atoms with E-state index in [1.54, 1.807) is 6.07 Å². The van der Waals surface area contributed by atoms with Gasteiger partial charge in [-0.3, -0.25) is 0 Å². The van der Waals surface area contributed by atoms with E-state index in [-0.39, 0.29) is 0 Å². The van der Waals surface area contributed by atoms with Crippen molar-refractivity contribution in [2.75, 3.05) is 0 Å². The van der Waals surface area contributed by atoms with Gasteiger partial charge < -0.3 is 0 Å². The van der Waals surface area contributed by atoms with Crippen LogP contribution in [0, 0.1) is 18.3 Å². The maximum absolute atomic E-state index is 8.92. The van der Waals surface area contributed by atoms with Gasteiger partial charge in [0.2, 0.25) is 0 Å². The molecule has 68 valence electrons. The van der Waals surface area contributed by atoms with E-state index >= 15 is 0 Å². The van der Waals surface area contributed by atoms with Gasteiger partial charge in [0.1, 0.15) is 5.15 Å². The largest absolute Gasteiger partial charge is 0.241 e. The number of hydrogen-bond donors (Lipinski definition) is 0. The smallest absolute Gasteiger partial charge is 0.129 e. The van der Waals surface area contributed by atoms with Crippen molar-refractivity contribution < 1.29 is 0 Å². The predicted molar refractivity (Wildman–Crippen MR) is 52.6 cm³/mol. The van der Waals surface area contributed by atoms with Crippen LogP contribution in [-0.4, -0.2) is 4.98 Å². The van der Waals surface area contributed by atoms with Gasteiger partial charge >= 0.3 is 0 Å². The molecule has 3 heteroatoms. The molecule has 0 saturated carbocycles. The molecule has 2 nitrogen and oxygen atoms in total. The number of hydrogen-bond acceptors (Lipinski definition) is 2. The molecule has 1 rings (SSSR count). The van der Waals surface area contributed by atoms with Crippen LogP contribution in [0.5, 0.6) is 0 Å². The van der Waals surface area contributed by atoms with E-state index in [0.717, 1.165) is 11.3 Å². The van der Waals surface area contributed by atoms with E-state index in [2.05, 4.69) is 11.1 Å². The van der Waals surface area contributed by atoms with Crippen molar-refractivity contribution >= 4 is 11.6 Å². The summed E-state index contributed by atoms with van der Waals surface area (Å²) in [5.41, 5.74) is 1.25. The number of halogens is 1. The van der Waals surface area contributed by atoms with E-state index < -0.39 is 5.41 Å². The van der Waals surface area contributed by atoms with Crippen molar-refractivity contribution in [3.05, 3.63) is 28.5 Å². The molecule has 0 fully saturated rings. The van der Waals surface area contributed by atoms with Gasteiger partial charge in [0.15, 0.2) is 0 Å². The molecule has 0 aliphatic carbocycles. The summed E-state index contributed by atoms with van der Waals surface area (Å²) in [6.07, 6.45) is 0. The second-order valence-corrected chi connectivity index (χ2v) is 3.94. The highest BCUT2D eigenvalue weighted by atomic mass is 35.5. The number of nitriles is 1. The first-order valence-corrected chi connectivity index (χ1v) is 4.39. The Hall–Kier alpha value is -1.07. The molecule has 0 saturated heterocycles. The number of aryl methyl sites for hydroxylation is 1. The maximum atomic E-state index is 8.92. The Morgan fingerprint density at radius 3 is 2.54 bits per heavy atom. The summed E-state index contributed by atoms with van der Waals surface area (Å²) in [5, 5.41) is 9.36. The number of nitrogens with zero attached hydrogens (tertiary/aromatic N) is 2. The van der Waals surface area contributed by atoms with Crippen LogP contribution in [0.2, 0.25) is 5.15 Å². The summed E-state index contributed by atoms with van der Waals surface area (Å²) in [6.45, 7) is 5.58. The molecule has 0 amide bonds. The van der Waals surface area contributed by atoms with E-state index in [4.69, 9.17) is 16.9 Å². The molecule has 0 radical (unpaired) electrons. The lowest BCUT2D eigenvalue weighted by atomic mass is 9.87. The van der Waals surface area contributed by atoms with Crippen LogP contribution in [0.15, 0.2) is 12.1 Å². The van der Waals surface area contributed by atoms with Crippen molar-refractivity contribution in [1.29, 1.82) is 5.26 Å². The average Bonchev–Trinajstić information content (AvgIpc) is 2.02. The Morgan fingerprint density at radius 2 is 2.08 bits per heavy atom. The Balaban J connectivity index is 3.25. The summed E-state index contributed by atoms with van der Waals surface area (Å²) < 4.78 is 0. The van der Waals surface area contributed by atoms with Gasteiger partial charge in [0, 0.05) is 5.69 Å². The minimum Gasteiger partial charge on any atom is -0.241 e. The molecule has 1 aromatic heterocycles. The minimum atomic E-state index is -0.503. The molecule has 13 heavy (non-hydrogen) atoms. The molecule has 1 aromatic rings. The maximum Gasteiger partial charge on any atom is 0.129 e. The van der Waals surface area contributed by atoms with Gasteiger partial charge in [-0.2, -0.15) is 5.26 Å².